The molecule has 13 heavy (non-hydrogen) atoms. The lowest BCUT2D eigenvalue weighted by molar-refractivity contribution is -0.885. The number of nitrogens with two attached hydrogens (primary N) is 1. The minimum atomic E-state index is 0.570. The molecule has 1 aromatic heterocycles. The van der Waals surface area contributed by atoms with Crippen LogP contribution >= 0.6 is 0 Å². The van der Waals surface area contributed by atoms with Crippen LogP contribution in [0.2, 0.25) is 0 Å². The molecule has 1 saturated heterocycles. The molecule has 72 valence electrons. The van der Waals surface area contributed by atoms with Crippen LogP contribution in [0.1, 0.15) is 18.9 Å². The van der Waals surface area contributed by atoms with E-state index in [0.29, 0.717) is 6.04 Å². The van der Waals surface area contributed by atoms with Crippen molar-refractivity contribution in [3.05, 3.63) is 12.4 Å². The summed E-state index contributed by atoms with van der Waals surface area (Å²) in [5.74, 6) is 0. The molecule has 2 heterocycles. The van der Waals surface area contributed by atoms with Crippen LogP contribution in [-0.4, -0.2) is 29.9 Å². The summed E-state index contributed by atoms with van der Waals surface area (Å²) in [6.45, 7) is 2.48. The van der Waals surface area contributed by atoms with Gasteiger partial charge in [0.25, 0.3) is 0 Å². The number of nitrogens with one attached hydrogen (secondary N) is 1. The molecule has 1 fully saturated rings. The van der Waals surface area contributed by atoms with E-state index < -0.39 is 0 Å². The standard InChI is InChI=1S/C9H16N4/c1-12-4-2-9(3-5-12)13-7-8(10)6-11-13/h6-7,9H,2-5,10H2,1H3/p+1. The number of aromatic nitrogens is 2. The van der Waals surface area contributed by atoms with Gasteiger partial charge in [-0.15, -0.1) is 0 Å². The first-order chi connectivity index (χ1) is 6.25. The van der Waals surface area contributed by atoms with Crippen LogP contribution in [0, 0.1) is 0 Å². The highest BCUT2D eigenvalue weighted by atomic mass is 15.3. The van der Waals surface area contributed by atoms with Crippen LogP contribution in [0.5, 0.6) is 0 Å². The maximum absolute atomic E-state index is 5.62. The smallest absolute Gasteiger partial charge is 0.0789 e. The van der Waals surface area contributed by atoms with Gasteiger partial charge in [-0.05, 0) is 0 Å². The molecule has 0 radical (unpaired) electrons. The van der Waals surface area contributed by atoms with E-state index in [-0.39, 0.29) is 0 Å². The van der Waals surface area contributed by atoms with Crippen molar-refractivity contribution in [1.29, 1.82) is 0 Å². The number of nitrogens with zero attached hydrogens (tertiary/aromatic N) is 2. The summed E-state index contributed by atoms with van der Waals surface area (Å²) in [5, 5.41) is 4.25. The second kappa shape index (κ2) is 3.38. The predicted molar refractivity (Wildman–Crippen MR) is 51.5 cm³/mol. The van der Waals surface area contributed by atoms with Crippen molar-refractivity contribution >= 4 is 5.69 Å². The van der Waals surface area contributed by atoms with Gasteiger partial charge in [0.2, 0.25) is 0 Å². The summed E-state index contributed by atoms with van der Waals surface area (Å²) < 4.78 is 2.02. The van der Waals surface area contributed by atoms with Crippen LogP contribution < -0.4 is 10.6 Å². The number of hydrogen-bond donors (Lipinski definition) is 2. The average molecular weight is 181 g/mol. The third-order valence-corrected chi connectivity index (χ3v) is 2.80. The number of anilines is 1. The van der Waals surface area contributed by atoms with Gasteiger partial charge in [0.15, 0.2) is 0 Å². The number of rotatable bonds is 1. The maximum atomic E-state index is 5.62. The highest BCUT2D eigenvalue weighted by molar-refractivity contribution is 5.30. The number of quaternary nitrogens is 1. The van der Waals surface area contributed by atoms with E-state index in [0.717, 1.165) is 5.69 Å². The van der Waals surface area contributed by atoms with Crippen molar-refractivity contribution in [1.82, 2.24) is 9.78 Å². The molecule has 0 amide bonds. The zero-order valence-electron chi connectivity index (χ0n) is 8.03. The minimum absolute atomic E-state index is 0.570. The molecular weight excluding hydrogens is 164 g/mol. The fourth-order valence-electron chi connectivity index (χ4n) is 1.91. The first-order valence-electron chi connectivity index (χ1n) is 4.86. The SMILES string of the molecule is C[NH+]1CCC(n2cc(N)cn2)CC1. The molecule has 1 aliphatic rings. The van der Waals surface area contributed by atoms with Crippen molar-refractivity contribution < 1.29 is 4.90 Å². The highest BCUT2D eigenvalue weighted by Crippen LogP contribution is 2.16. The lowest BCUT2D eigenvalue weighted by Gasteiger charge is -2.26. The zero-order chi connectivity index (χ0) is 9.26. The van der Waals surface area contributed by atoms with E-state index in [9.17, 15) is 0 Å². The maximum Gasteiger partial charge on any atom is 0.0789 e. The molecule has 4 heteroatoms. The molecule has 0 spiro atoms. The third kappa shape index (κ3) is 1.83. The molecule has 1 aliphatic heterocycles. The van der Waals surface area contributed by atoms with Crippen molar-refractivity contribution in [2.24, 2.45) is 0 Å². The van der Waals surface area contributed by atoms with Gasteiger partial charge in [0, 0.05) is 19.0 Å². The van der Waals surface area contributed by atoms with Crippen LogP contribution in [0.3, 0.4) is 0 Å². The molecule has 1 aromatic rings. The predicted octanol–water partition coefficient (Wildman–Crippen LogP) is -0.685. The fraction of sp³-hybridized carbons (Fsp3) is 0.667. The Balaban J connectivity index is 2.02. The minimum Gasteiger partial charge on any atom is -0.396 e. The Kier molecular flexibility index (Phi) is 2.22. The summed E-state index contributed by atoms with van der Waals surface area (Å²) in [7, 11) is 2.24. The summed E-state index contributed by atoms with van der Waals surface area (Å²) in [6.07, 6.45) is 6.09. The third-order valence-electron chi connectivity index (χ3n) is 2.80. The number of hydrogen-bond acceptors (Lipinski definition) is 2. The molecular formula is C9H17N4+. The van der Waals surface area contributed by atoms with E-state index in [1.807, 2.05) is 10.9 Å². The Morgan fingerprint density at radius 1 is 1.54 bits per heavy atom. The summed E-state index contributed by atoms with van der Waals surface area (Å²) in [4.78, 5) is 1.62. The molecule has 2 rings (SSSR count). The zero-order valence-corrected chi connectivity index (χ0v) is 8.03. The molecule has 0 aliphatic carbocycles. The highest BCUT2D eigenvalue weighted by Gasteiger charge is 2.20. The summed E-state index contributed by atoms with van der Waals surface area (Å²) in [6, 6.07) is 0.570. The Morgan fingerprint density at radius 3 is 2.77 bits per heavy atom. The Labute approximate surface area is 78.3 Å². The van der Waals surface area contributed by atoms with Gasteiger partial charge in [0.1, 0.15) is 0 Å². The van der Waals surface area contributed by atoms with Gasteiger partial charge in [-0.1, -0.05) is 0 Å². The summed E-state index contributed by atoms with van der Waals surface area (Å²) >= 11 is 0. The van der Waals surface area contributed by atoms with Crippen molar-refractivity contribution in [2.45, 2.75) is 18.9 Å². The molecule has 0 bridgehead atoms. The van der Waals surface area contributed by atoms with Gasteiger partial charge in [-0.3, -0.25) is 4.68 Å². The molecule has 0 unspecified atom stereocenters. The van der Waals surface area contributed by atoms with Crippen LogP contribution in [0.15, 0.2) is 12.4 Å². The Hall–Kier alpha value is -1.03. The molecule has 0 saturated carbocycles. The number of nitrogen functional groups attached to an aromatic ring is 1. The quantitative estimate of drug-likeness (QED) is 0.603. The normalized spacial score (nSPS) is 29.0. The fourth-order valence-corrected chi connectivity index (χ4v) is 1.91. The number of likely N-dealkylation sites (tertiary alicyclic amines) is 1. The first-order valence-corrected chi connectivity index (χ1v) is 4.86. The van der Waals surface area contributed by atoms with Crippen LogP contribution in [0.4, 0.5) is 5.69 Å². The Morgan fingerprint density at radius 2 is 2.23 bits per heavy atom. The molecule has 0 atom stereocenters. The van der Waals surface area contributed by atoms with E-state index in [4.69, 9.17) is 5.73 Å². The molecule has 3 N–H and O–H groups in total. The monoisotopic (exact) mass is 181 g/mol. The second-order valence-corrected chi connectivity index (χ2v) is 3.94. The lowest BCUT2D eigenvalue weighted by atomic mass is 10.1. The first kappa shape index (κ1) is 8.56. The lowest BCUT2D eigenvalue weighted by Crippen LogP contribution is -3.10. The molecule has 0 aromatic carbocycles. The van der Waals surface area contributed by atoms with Gasteiger partial charge in [-0.2, -0.15) is 5.10 Å². The van der Waals surface area contributed by atoms with Crippen LogP contribution in [-0.2, 0) is 0 Å². The van der Waals surface area contributed by atoms with Gasteiger partial charge < -0.3 is 10.6 Å². The molecule has 4 nitrogen and oxygen atoms in total. The van der Waals surface area contributed by atoms with E-state index in [1.165, 1.54) is 25.9 Å². The van der Waals surface area contributed by atoms with Gasteiger partial charge >= 0.3 is 0 Å². The summed E-state index contributed by atoms with van der Waals surface area (Å²) in [5.41, 5.74) is 6.39. The average Bonchev–Trinajstić information content (AvgIpc) is 2.53. The Bertz CT molecular complexity index is 273. The van der Waals surface area contributed by atoms with E-state index in [1.54, 1.807) is 11.1 Å². The topological polar surface area (TPSA) is 48.3 Å². The van der Waals surface area contributed by atoms with Crippen molar-refractivity contribution in [3.63, 3.8) is 0 Å². The van der Waals surface area contributed by atoms with Crippen molar-refractivity contribution in [3.8, 4) is 0 Å². The largest absolute Gasteiger partial charge is 0.396 e. The van der Waals surface area contributed by atoms with E-state index in [2.05, 4.69) is 12.1 Å². The van der Waals surface area contributed by atoms with Crippen molar-refractivity contribution in [2.75, 3.05) is 25.9 Å². The number of piperidine rings is 1. The van der Waals surface area contributed by atoms with Crippen LogP contribution in [0.25, 0.3) is 0 Å². The van der Waals surface area contributed by atoms with Gasteiger partial charge in [-0.25, -0.2) is 0 Å². The van der Waals surface area contributed by atoms with E-state index >= 15 is 0 Å². The van der Waals surface area contributed by atoms with Gasteiger partial charge in [0.05, 0.1) is 38.1 Å². The second-order valence-electron chi connectivity index (χ2n) is 3.94.